The highest BCUT2D eigenvalue weighted by atomic mass is 35.5. The molecule has 182 valence electrons. The van der Waals surface area contributed by atoms with Crippen LogP contribution in [0.5, 0.6) is 0 Å². The number of nitrogens with one attached hydrogen (secondary N) is 3. The zero-order chi connectivity index (χ0) is 25.9. The monoisotopic (exact) mass is 500 g/mol. The summed E-state index contributed by atoms with van der Waals surface area (Å²) in [5.74, 6) is -0.508. The van der Waals surface area contributed by atoms with Gasteiger partial charge in [-0.2, -0.15) is 0 Å². The number of anilines is 2. The summed E-state index contributed by atoms with van der Waals surface area (Å²) in [6, 6.07) is 24.7. The summed E-state index contributed by atoms with van der Waals surface area (Å²) in [4.78, 5) is 37.1. The molecule has 0 aliphatic carbocycles. The second kappa shape index (κ2) is 12.8. The van der Waals surface area contributed by atoms with Crippen LogP contribution in [0, 0.1) is 6.92 Å². The van der Waals surface area contributed by atoms with E-state index in [1.54, 1.807) is 24.3 Å². The molecule has 0 bridgehead atoms. The van der Waals surface area contributed by atoms with Gasteiger partial charge >= 0.3 is 0 Å². The minimum atomic E-state index is -0.292. The summed E-state index contributed by atoms with van der Waals surface area (Å²) in [5.41, 5.74) is 4.31. The first-order valence-corrected chi connectivity index (χ1v) is 11.4. The van der Waals surface area contributed by atoms with E-state index in [0.29, 0.717) is 17.1 Å². The van der Waals surface area contributed by atoms with E-state index < -0.39 is 0 Å². The normalized spacial score (nSPS) is 9.94. The summed E-state index contributed by atoms with van der Waals surface area (Å²) in [5, 5.41) is 10.3. The summed E-state index contributed by atoms with van der Waals surface area (Å²) in [7, 11) is 0. The lowest BCUT2D eigenvalue weighted by atomic mass is 10.0. The number of rotatable bonds is 7. The number of hydrogen-bond donors (Lipinski definition) is 3. The zero-order valence-corrected chi connectivity index (χ0v) is 20.4. The van der Waals surface area contributed by atoms with Crippen LogP contribution >= 0.6 is 11.6 Å². The van der Waals surface area contributed by atoms with E-state index in [-0.39, 0.29) is 18.4 Å². The van der Waals surface area contributed by atoms with Crippen molar-refractivity contribution in [2.75, 3.05) is 17.2 Å². The predicted molar refractivity (Wildman–Crippen MR) is 145 cm³/mol. The lowest BCUT2D eigenvalue weighted by Crippen LogP contribution is -2.26. The van der Waals surface area contributed by atoms with Gasteiger partial charge < -0.3 is 16.0 Å². The number of nitrogens with zero attached hydrogens (tertiary/aromatic N) is 1. The van der Waals surface area contributed by atoms with E-state index in [9.17, 15) is 14.4 Å². The van der Waals surface area contributed by atoms with E-state index in [0.717, 1.165) is 33.4 Å². The number of hydrogen-bond acceptors (Lipinski definition) is 4. The molecule has 4 rings (SSSR count). The van der Waals surface area contributed by atoms with Gasteiger partial charge in [-0.1, -0.05) is 54.6 Å². The molecule has 0 atom stereocenters. The van der Waals surface area contributed by atoms with Crippen LogP contribution in [0.15, 0.2) is 91.5 Å². The van der Waals surface area contributed by atoms with Crippen LogP contribution in [0.4, 0.5) is 11.4 Å². The average molecular weight is 501 g/mol. The molecule has 1 heterocycles. The molecule has 0 radical (unpaired) electrons. The Hall–Kier alpha value is -4.49. The SMILES string of the molecule is C=CC(=O)Nc1cccc2ccc(-c3cccc(C)n3)cc12.O=CNCC(=O)Nc1cccc(Cl)c1. The molecule has 4 aromatic rings. The van der Waals surface area contributed by atoms with Crippen LogP contribution in [0.1, 0.15) is 5.69 Å². The van der Waals surface area contributed by atoms with E-state index in [1.165, 1.54) is 6.08 Å². The topological polar surface area (TPSA) is 100 Å². The molecule has 3 N–H and O–H groups in total. The number of aromatic nitrogens is 1. The molecule has 36 heavy (non-hydrogen) atoms. The number of fused-ring (bicyclic) bond motifs is 1. The van der Waals surface area contributed by atoms with Gasteiger partial charge in [0.15, 0.2) is 0 Å². The number of aryl methyl sites for hydroxylation is 1. The minimum Gasteiger partial charge on any atom is -0.350 e. The van der Waals surface area contributed by atoms with Crippen LogP contribution in [0.3, 0.4) is 0 Å². The Balaban J connectivity index is 0.000000223. The maximum absolute atomic E-state index is 11.6. The predicted octanol–water partition coefficient (Wildman–Crippen LogP) is 5.36. The van der Waals surface area contributed by atoms with Crippen molar-refractivity contribution in [3.63, 3.8) is 0 Å². The maximum Gasteiger partial charge on any atom is 0.247 e. The minimum absolute atomic E-state index is 0.0456. The first kappa shape index (κ1) is 26.1. The molecule has 0 saturated carbocycles. The highest BCUT2D eigenvalue weighted by molar-refractivity contribution is 6.30. The van der Waals surface area contributed by atoms with Gasteiger partial charge in [0.25, 0.3) is 0 Å². The Kier molecular flexibility index (Phi) is 9.31. The molecule has 3 amide bonds. The fourth-order valence-electron chi connectivity index (χ4n) is 3.33. The van der Waals surface area contributed by atoms with Crippen molar-refractivity contribution < 1.29 is 14.4 Å². The van der Waals surface area contributed by atoms with Crippen LogP contribution in [0.2, 0.25) is 5.02 Å². The summed E-state index contributed by atoms with van der Waals surface area (Å²) in [6.07, 6.45) is 1.74. The lowest BCUT2D eigenvalue weighted by Gasteiger charge is -2.09. The van der Waals surface area contributed by atoms with Gasteiger partial charge in [-0.25, -0.2) is 0 Å². The first-order chi connectivity index (χ1) is 17.4. The Morgan fingerprint density at radius 1 is 0.972 bits per heavy atom. The number of carbonyl (C=O) groups is 3. The Morgan fingerprint density at radius 2 is 1.75 bits per heavy atom. The van der Waals surface area contributed by atoms with Crippen LogP contribution in [0.25, 0.3) is 22.0 Å². The van der Waals surface area contributed by atoms with Gasteiger partial charge in [-0.15, -0.1) is 0 Å². The largest absolute Gasteiger partial charge is 0.350 e. The standard InChI is InChI=1S/C19H16N2O.C9H9ClN2O2/c1-3-19(22)21-18-9-5-7-14-10-11-15(12-16(14)18)17-8-4-6-13(2)20-17;10-7-2-1-3-8(4-7)12-9(14)5-11-6-13/h3-12H,1H2,2H3,(H,21,22);1-4,6H,5H2,(H,11,13)(H,12,14). The van der Waals surface area contributed by atoms with Crippen molar-refractivity contribution in [1.29, 1.82) is 0 Å². The van der Waals surface area contributed by atoms with Gasteiger partial charge in [-0.05, 0) is 60.9 Å². The van der Waals surface area contributed by atoms with Crippen molar-refractivity contribution in [1.82, 2.24) is 10.3 Å². The van der Waals surface area contributed by atoms with Gasteiger partial charge in [0.05, 0.1) is 12.2 Å². The van der Waals surface area contributed by atoms with E-state index in [2.05, 4.69) is 33.6 Å². The highest BCUT2D eigenvalue weighted by Crippen LogP contribution is 2.28. The molecule has 0 aliphatic rings. The molecule has 1 aromatic heterocycles. The quantitative estimate of drug-likeness (QED) is 0.235. The molecule has 7 nitrogen and oxygen atoms in total. The molecule has 3 aromatic carbocycles. The van der Waals surface area contributed by atoms with Crippen molar-refractivity contribution in [3.8, 4) is 11.3 Å². The third-order valence-corrected chi connectivity index (χ3v) is 5.20. The molecular formula is C28H25ClN4O3. The zero-order valence-electron chi connectivity index (χ0n) is 19.6. The molecule has 8 heteroatoms. The van der Waals surface area contributed by atoms with Crippen LogP contribution in [-0.4, -0.2) is 29.8 Å². The van der Waals surface area contributed by atoms with Crippen molar-refractivity contribution in [2.24, 2.45) is 0 Å². The summed E-state index contributed by atoms with van der Waals surface area (Å²) in [6.45, 7) is 5.42. The van der Waals surface area contributed by atoms with Crippen LogP contribution < -0.4 is 16.0 Å². The number of amides is 3. The Bertz CT molecular complexity index is 1400. The molecule has 0 aliphatic heterocycles. The lowest BCUT2D eigenvalue weighted by molar-refractivity contribution is -0.118. The fourth-order valence-corrected chi connectivity index (χ4v) is 3.52. The second-order valence-corrected chi connectivity index (χ2v) is 8.09. The van der Waals surface area contributed by atoms with Gasteiger partial charge in [0, 0.05) is 33.0 Å². The molecular weight excluding hydrogens is 476 g/mol. The maximum atomic E-state index is 11.6. The smallest absolute Gasteiger partial charge is 0.247 e. The summed E-state index contributed by atoms with van der Waals surface area (Å²) < 4.78 is 0. The fraction of sp³-hybridized carbons (Fsp3) is 0.0714. The van der Waals surface area contributed by atoms with E-state index in [4.69, 9.17) is 11.6 Å². The molecule has 0 spiro atoms. The van der Waals surface area contributed by atoms with Crippen LogP contribution in [-0.2, 0) is 14.4 Å². The number of halogens is 1. The molecule has 0 fully saturated rings. The van der Waals surface area contributed by atoms with E-state index >= 15 is 0 Å². The third-order valence-electron chi connectivity index (χ3n) is 4.96. The van der Waals surface area contributed by atoms with Crippen molar-refractivity contribution in [2.45, 2.75) is 6.92 Å². The summed E-state index contributed by atoms with van der Waals surface area (Å²) >= 11 is 5.71. The molecule has 0 unspecified atom stereocenters. The number of carbonyl (C=O) groups excluding carboxylic acids is 3. The second-order valence-electron chi connectivity index (χ2n) is 7.66. The third kappa shape index (κ3) is 7.51. The Morgan fingerprint density at radius 3 is 2.47 bits per heavy atom. The van der Waals surface area contributed by atoms with Crippen molar-refractivity contribution in [3.05, 3.63) is 102 Å². The van der Waals surface area contributed by atoms with E-state index in [1.807, 2.05) is 55.5 Å². The first-order valence-electron chi connectivity index (χ1n) is 11.0. The van der Waals surface area contributed by atoms with Gasteiger partial charge in [0.1, 0.15) is 0 Å². The highest BCUT2D eigenvalue weighted by Gasteiger charge is 2.06. The number of pyridine rings is 1. The van der Waals surface area contributed by atoms with Gasteiger partial charge in [-0.3, -0.25) is 19.4 Å². The van der Waals surface area contributed by atoms with Crippen molar-refractivity contribution >= 4 is 52.0 Å². The number of benzene rings is 3. The average Bonchev–Trinajstić information content (AvgIpc) is 2.88. The molecule has 0 saturated heterocycles. The van der Waals surface area contributed by atoms with Gasteiger partial charge in [0.2, 0.25) is 18.2 Å². The Labute approximate surface area is 214 Å².